The lowest BCUT2D eigenvalue weighted by Gasteiger charge is -2.21. The van der Waals surface area contributed by atoms with Crippen LogP contribution < -0.4 is 0 Å². The molecule has 0 spiro atoms. The van der Waals surface area contributed by atoms with Gasteiger partial charge >= 0.3 is 5.97 Å². The SMILES string of the molecule is O=C(O)CCSCC1CCOCC1. The van der Waals surface area contributed by atoms with Gasteiger partial charge in [-0.1, -0.05) is 0 Å². The van der Waals surface area contributed by atoms with E-state index in [1.807, 2.05) is 0 Å². The number of hydrogen-bond donors (Lipinski definition) is 1. The molecule has 0 unspecified atom stereocenters. The van der Waals surface area contributed by atoms with Gasteiger partial charge in [-0.3, -0.25) is 4.79 Å². The number of thioether (sulfide) groups is 1. The summed E-state index contributed by atoms with van der Waals surface area (Å²) in [6.45, 7) is 1.76. The van der Waals surface area contributed by atoms with Gasteiger partial charge in [0.15, 0.2) is 0 Å². The summed E-state index contributed by atoms with van der Waals surface area (Å²) < 4.78 is 5.24. The van der Waals surface area contributed by atoms with Crippen LogP contribution in [0.5, 0.6) is 0 Å². The molecule has 1 saturated heterocycles. The molecule has 1 aliphatic heterocycles. The van der Waals surface area contributed by atoms with Crippen LogP contribution in [0.25, 0.3) is 0 Å². The van der Waals surface area contributed by atoms with Crippen LogP contribution in [-0.2, 0) is 9.53 Å². The van der Waals surface area contributed by atoms with Crippen LogP contribution in [0.3, 0.4) is 0 Å². The second-order valence-corrected chi connectivity index (χ2v) is 4.42. The molecule has 0 bridgehead atoms. The number of aliphatic carboxylic acids is 1. The van der Waals surface area contributed by atoms with Gasteiger partial charge in [0.1, 0.15) is 0 Å². The first-order valence-electron chi connectivity index (χ1n) is 4.66. The van der Waals surface area contributed by atoms with Gasteiger partial charge in [-0.05, 0) is 24.5 Å². The fourth-order valence-corrected chi connectivity index (χ4v) is 2.47. The third-order valence-electron chi connectivity index (χ3n) is 2.15. The molecule has 13 heavy (non-hydrogen) atoms. The Kier molecular flexibility index (Phi) is 5.23. The van der Waals surface area contributed by atoms with Crippen molar-refractivity contribution >= 4 is 17.7 Å². The summed E-state index contributed by atoms with van der Waals surface area (Å²) in [7, 11) is 0. The molecule has 1 fully saturated rings. The van der Waals surface area contributed by atoms with Crippen LogP contribution in [0, 0.1) is 5.92 Å². The van der Waals surface area contributed by atoms with E-state index in [1.165, 1.54) is 0 Å². The van der Waals surface area contributed by atoms with Crippen molar-refractivity contribution in [1.82, 2.24) is 0 Å². The van der Waals surface area contributed by atoms with E-state index in [-0.39, 0.29) is 6.42 Å². The topological polar surface area (TPSA) is 46.5 Å². The Bertz CT molecular complexity index is 155. The first-order chi connectivity index (χ1) is 6.29. The van der Waals surface area contributed by atoms with Crippen molar-refractivity contribution in [3.05, 3.63) is 0 Å². The molecule has 1 aliphatic rings. The van der Waals surface area contributed by atoms with E-state index >= 15 is 0 Å². The second-order valence-electron chi connectivity index (χ2n) is 3.27. The summed E-state index contributed by atoms with van der Waals surface area (Å²) >= 11 is 1.75. The van der Waals surface area contributed by atoms with E-state index in [9.17, 15) is 4.79 Å². The summed E-state index contributed by atoms with van der Waals surface area (Å²) in [5.74, 6) is 1.88. The van der Waals surface area contributed by atoms with Crippen molar-refractivity contribution in [2.24, 2.45) is 5.92 Å². The third-order valence-corrected chi connectivity index (χ3v) is 3.35. The standard InChI is InChI=1S/C9H16O3S/c10-9(11)3-6-13-7-8-1-4-12-5-2-8/h8H,1-7H2,(H,10,11). The van der Waals surface area contributed by atoms with Gasteiger partial charge in [0.25, 0.3) is 0 Å². The van der Waals surface area contributed by atoms with Crippen molar-refractivity contribution in [1.29, 1.82) is 0 Å². The lowest BCUT2D eigenvalue weighted by Crippen LogP contribution is -2.17. The molecule has 1 N–H and O–H groups in total. The van der Waals surface area contributed by atoms with Gasteiger partial charge in [0.05, 0.1) is 6.42 Å². The minimum absolute atomic E-state index is 0.286. The molecule has 3 nitrogen and oxygen atoms in total. The number of rotatable bonds is 5. The average Bonchev–Trinajstić information content (AvgIpc) is 2.14. The first-order valence-corrected chi connectivity index (χ1v) is 5.82. The molecule has 0 aromatic rings. The first kappa shape index (κ1) is 10.9. The zero-order chi connectivity index (χ0) is 9.52. The minimum Gasteiger partial charge on any atom is -0.481 e. The van der Waals surface area contributed by atoms with Crippen molar-refractivity contribution < 1.29 is 14.6 Å². The van der Waals surface area contributed by atoms with Crippen molar-refractivity contribution in [3.8, 4) is 0 Å². The molecule has 0 atom stereocenters. The maximum absolute atomic E-state index is 10.2. The third kappa shape index (κ3) is 5.16. The van der Waals surface area contributed by atoms with Crippen molar-refractivity contribution in [3.63, 3.8) is 0 Å². The van der Waals surface area contributed by atoms with Gasteiger partial charge in [-0.25, -0.2) is 0 Å². The zero-order valence-corrected chi connectivity index (χ0v) is 8.52. The van der Waals surface area contributed by atoms with E-state index < -0.39 is 5.97 Å². The smallest absolute Gasteiger partial charge is 0.304 e. The Morgan fingerprint density at radius 3 is 2.77 bits per heavy atom. The maximum Gasteiger partial charge on any atom is 0.304 e. The van der Waals surface area contributed by atoms with Gasteiger partial charge in [0.2, 0.25) is 0 Å². The lowest BCUT2D eigenvalue weighted by molar-refractivity contribution is -0.136. The molecule has 4 heteroatoms. The zero-order valence-electron chi connectivity index (χ0n) is 7.70. The molecule has 0 aromatic carbocycles. The molecule has 0 aromatic heterocycles. The number of carbonyl (C=O) groups is 1. The number of hydrogen-bond acceptors (Lipinski definition) is 3. The highest BCUT2D eigenvalue weighted by molar-refractivity contribution is 7.99. The Labute approximate surface area is 82.8 Å². The molecular formula is C9H16O3S. The number of carboxylic acids is 1. The van der Waals surface area contributed by atoms with Crippen LogP contribution in [0.2, 0.25) is 0 Å². The number of ether oxygens (including phenoxy) is 1. The van der Waals surface area contributed by atoms with Crippen molar-refractivity contribution in [2.45, 2.75) is 19.3 Å². The van der Waals surface area contributed by atoms with Gasteiger partial charge in [-0.15, -0.1) is 0 Å². The highest BCUT2D eigenvalue weighted by Gasteiger charge is 2.13. The molecule has 0 saturated carbocycles. The van der Waals surface area contributed by atoms with E-state index in [1.54, 1.807) is 11.8 Å². The predicted molar refractivity (Wildman–Crippen MR) is 53.1 cm³/mol. The summed E-state index contributed by atoms with van der Waals surface area (Å²) in [4.78, 5) is 10.2. The number of carboxylic acid groups (broad SMARTS) is 1. The van der Waals surface area contributed by atoms with E-state index in [4.69, 9.17) is 9.84 Å². The van der Waals surface area contributed by atoms with Gasteiger partial charge < -0.3 is 9.84 Å². The fraction of sp³-hybridized carbons (Fsp3) is 0.889. The van der Waals surface area contributed by atoms with Gasteiger partial charge in [0, 0.05) is 19.0 Å². The van der Waals surface area contributed by atoms with Crippen molar-refractivity contribution in [2.75, 3.05) is 24.7 Å². The Hall–Kier alpha value is -0.220. The highest BCUT2D eigenvalue weighted by atomic mass is 32.2. The van der Waals surface area contributed by atoms with E-state index in [0.29, 0.717) is 0 Å². The highest BCUT2D eigenvalue weighted by Crippen LogP contribution is 2.20. The molecule has 1 rings (SSSR count). The Balaban J connectivity index is 1.95. The minimum atomic E-state index is -0.695. The van der Waals surface area contributed by atoms with Gasteiger partial charge in [-0.2, -0.15) is 11.8 Å². The Morgan fingerprint density at radius 1 is 1.46 bits per heavy atom. The molecular weight excluding hydrogens is 188 g/mol. The molecule has 0 amide bonds. The molecule has 76 valence electrons. The van der Waals surface area contributed by atoms with Crippen LogP contribution >= 0.6 is 11.8 Å². The Morgan fingerprint density at radius 2 is 2.15 bits per heavy atom. The normalized spacial score (nSPS) is 18.8. The predicted octanol–water partition coefficient (Wildman–Crippen LogP) is 1.62. The molecule has 0 radical (unpaired) electrons. The quantitative estimate of drug-likeness (QED) is 0.691. The van der Waals surface area contributed by atoms with Crippen LogP contribution in [0.15, 0.2) is 0 Å². The molecule has 1 heterocycles. The lowest BCUT2D eigenvalue weighted by atomic mass is 10.0. The second kappa shape index (κ2) is 6.27. The largest absolute Gasteiger partial charge is 0.481 e. The van der Waals surface area contributed by atoms with Crippen LogP contribution in [0.4, 0.5) is 0 Å². The van der Waals surface area contributed by atoms with Crippen LogP contribution in [0.1, 0.15) is 19.3 Å². The maximum atomic E-state index is 10.2. The molecule has 0 aliphatic carbocycles. The summed E-state index contributed by atoms with van der Waals surface area (Å²) in [6.07, 6.45) is 2.56. The summed E-state index contributed by atoms with van der Waals surface area (Å²) in [5.41, 5.74) is 0. The van der Waals surface area contributed by atoms with E-state index in [2.05, 4.69) is 0 Å². The average molecular weight is 204 g/mol. The van der Waals surface area contributed by atoms with Crippen LogP contribution in [-0.4, -0.2) is 35.8 Å². The van der Waals surface area contributed by atoms with E-state index in [0.717, 1.165) is 43.5 Å². The summed E-state index contributed by atoms with van der Waals surface area (Å²) in [6, 6.07) is 0. The summed E-state index contributed by atoms with van der Waals surface area (Å²) in [5, 5.41) is 8.42. The fourth-order valence-electron chi connectivity index (χ4n) is 1.32. The monoisotopic (exact) mass is 204 g/mol.